The molecule has 0 amide bonds. The third kappa shape index (κ3) is 3.09. The summed E-state index contributed by atoms with van der Waals surface area (Å²) in [5.41, 5.74) is 3.04. The van der Waals surface area contributed by atoms with Crippen LogP contribution in [0.5, 0.6) is 0 Å². The maximum Gasteiger partial charge on any atom is 0.354 e. The summed E-state index contributed by atoms with van der Waals surface area (Å²) < 4.78 is 0. The maximum atomic E-state index is 11.2. The molecule has 2 aromatic rings. The lowest BCUT2D eigenvalue weighted by atomic mass is 10.1. The van der Waals surface area contributed by atoms with Crippen LogP contribution in [0.15, 0.2) is 12.4 Å². The van der Waals surface area contributed by atoms with Crippen LogP contribution in [0.3, 0.4) is 0 Å². The molecule has 0 fully saturated rings. The lowest BCUT2D eigenvalue weighted by Gasteiger charge is -2.15. The van der Waals surface area contributed by atoms with Crippen LogP contribution in [-0.4, -0.2) is 14.9 Å². The van der Waals surface area contributed by atoms with Crippen LogP contribution in [0.1, 0.15) is 28.3 Å². The number of nitro groups is 1. The monoisotopic (exact) mass is 308 g/mol. The van der Waals surface area contributed by atoms with Crippen molar-refractivity contribution >= 4 is 28.7 Å². The Hall–Kier alpha value is -2.26. The third-order valence-corrected chi connectivity index (χ3v) is 4.02. The Kier molecular flexibility index (Phi) is 4.34. The number of nitrogens with zero attached hydrogens (tertiary/aromatic N) is 3. The molecule has 4 N–H and O–H groups in total. The molecule has 0 aliphatic heterocycles. The van der Waals surface area contributed by atoms with E-state index < -0.39 is 4.92 Å². The largest absolute Gasteiger partial charge is 0.358 e. The van der Waals surface area contributed by atoms with Crippen LogP contribution in [0, 0.1) is 24.0 Å². The standard InChI is InChI=1S/C12H16N6O2S/c1-6-4-9(8(3)21-6)7(2)16-11-10(18(19)20)12(17-13)15-5-14-11/h4-5,7H,13H2,1-3H3,(H2,14,15,16,17). The Morgan fingerprint density at radius 1 is 1.38 bits per heavy atom. The van der Waals surface area contributed by atoms with Gasteiger partial charge in [-0.25, -0.2) is 15.8 Å². The summed E-state index contributed by atoms with van der Waals surface area (Å²) in [6, 6.07) is 1.95. The van der Waals surface area contributed by atoms with E-state index in [-0.39, 0.29) is 23.4 Å². The number of hydrogen-bond acceptors (Lipinski definition) is 8. The molecule has 2 heterocycles. The molecule has 8 nitrogen and oxygen atoms in total. The van der Waals surface area contributed by atoms with Crippen LogP contribution in [0.2, 0.25) is 0 Å². The molecule has 0 aromatic carbocycles. The minimum absolute atomic E-state index is 0.0251. The third-order valence-electron chi connectivity index (χ3n) is 3.04. The molecule has 0 spiro atoms. The molecule has 0 saturated carbocycles. The molecule has 9 heteroatoms. The minimum atomic E-state index is -0.560. The summed E-state index contributed by atoms with van der Waals surface area (Å²) in [5, 5.41) is 14.2. The lowest BCUT2D eigenvalue weighted by Crippen LogP contribution is -2.15. The summed E-state index contributed by atoms with van der Waals surface area (Å²) in [7, 11) is 0. The van der Waals surface area contributed by atoms with Crippen molar-refractivity contribution in [2.45, 2.75) is 26.8 Å². The highest BCUT2D eigenvalue weighted by molar-refractivity contribution is 7.12. The summed E-state index contributed by atoms with van der Waals surface area (Å²) in [6.45, 7) is 5.97. The van der Waals surface area contributed by atoms with Crippen molar-refractivity contribution < 1.29 is 4.92 Å². The highest BCUT2D eigenvalue weighted by Gasteiger charge is 2.24. The van der Waals surface area contributed by atoms with E-state index in [1.165, 1.54) is 16.1 Å². The number of nitrogens with one attached hydrogen (secondary N) is 2. The number of rotatable bonds is 5. The number of hydrazine groups is 1. The Morgan fingerprint density at radius 2 is 2.05 bits per heavy atom. The van der Waals surface area contributed by atoms with E-state index in [2.05, 4.69) is 26.8 Å². The van der Waals surface area contributed by atoms with E-state index in [4.69, 9.17) is 5.84 Å². The molecule has 0 aliphatic carbocycles. The zero-order chi connectivity index (χ0) is 15.6. The van der Waals surface area contributed by atoms with Gasteiger partial charge >= 0.3 is 5.69 Å². The number of thiophene rings is 1. The van der Waals surface area contributed by atoms with Crippen molar-refractivity contribution in [3.8, 4) is 0 Å². The molecule has 1 atom stereocenters. The van der Waals surface area contributed by atoms with Crippen LogP contribution < -0.4 is 16.6 Å². The maximum absolute atomic E-state index is 11.2. The zero-order valence-corrected chi connectivity index (χ0v) is 12.7. The second kappa shape index (κ2) is 6.02. The van der Waals surface area contributed by atoms with Crippen LogP contribution >= 0.6 is 11.3 Å². The van der Waals surface area contributed by atoms with Gasteiger partial charge in [0.15, 0.2) is 0 Å². The fourth-order valence-electron chi connectivity index (χ4n) is 2.13. The molecule has 0 aliphatic rings. The normalized spacial score (nSPS) is 12.0. The first kappa shape index (κ1) is 15.1. The van der Waals surface area contributed by atoms with Crippen molar-refractivity contribution in [1.29, 1.82) is 0 Å². The first-order valence-electron chi connectivity index (χ1n) is 6.23. The molecule has 0 saturated heterocycles. The molecule has 0 radical (unpaired) electrons. The smallest absolute Gasteiger partial charge is 0.354 e. The SMILES string of the molecule is Cc1cc(C(C)Nc2ncnc(NN)c2[N+](=O)[O-])c(C)s1. The molecule has 2 aromatic heterocycles. The van der Waals surface area contributed by atoms with Gasteiger partial charge < -0.3 is 10.7 Å². The Morgan fingerprint density at radius 3 is 2.57 bits per heavy atom. The predicted octanol–water partition coefficient (Wildman–Crippen LogP) is 2.52. The molecule has 1 unspecified atom stereocenters. The average Bonchev–Trinajstić information content (AvgIpc) is 2.77. The summed E-state index contributed by atoms with van der Waals surface area (Å²) in [5.74, 6) is 5.37. The van der Waals surface area contributed by atoms with Crippen molar-refractivity contribution in [1.82, 2.24) is 9.97 Å². The molecule has 0 bridgehead atoms. The highest BCUT2D eigenvalue weighted by Crippen LogP contribution is 2.33. The van der Waals surface area contributed by atoms with E-state index in [1.807, 2.05) is 20.8 Å². The van der Waals surface area contributed by atoms with Crippen molar-refractivity contribution in [2.75, 3.05) is 10.7 Å². The van der Waals surface area contributed by atoms with Crippen LogP contribution in [-0.2, 0) is 0 Å². The van der Waals surface area contributed by atoms with Gasteiger partial charge in [-0.3, -0.25) is 10.1 Å². The van der Waals surface area contributed by atoms with Gasteiger partial charge in [-0.2, -0.15) is 0 Å². The Bertz CT molecular complexity index is 672. The minimum Gasteiger partial charge on any atom is -0.358 e. The van der Waals surface area contributed by atoms with Gasteiger partial charge in [0, 0.05) is 9.75 Å². The quantitative estimate of drug-likeness (QED) is 0.441. The predicted molar refractivity (Wildman–Crippen MR) is 82.3 cm³/mol. The van der Waals surface area contributed by atoms with Gasteiger partial charge in [0.05, 0.1) is 11.0 Å². The first-order valence-corrected chi connectivity index (χ1v) is 7.05. The number of aryl methyl sites for hydroxylation is 2. The number of nitrogens with two attached hydrogens (primary N) is 1. The van der Waals surface area contributed by atoms with Crippen molar-refractivity contribution in [3.05, 3.63) is 37.8 Å². The second-order valence-corrected chi connectivity index (χ2v) is 6.02. The summed E-state index contributed by atoms with van der Waals surface area (Å²) in [4.78, 5) is 20.7. The van der Waals surface area contributed by atoms with E-state index >= 15 is 0 Å². The van der Waals surface area contributed by atoms with Gasteiger partial charge in [0.25, 0.3) is 0 Å². The molecular formula is C12H16N6O2S. The van der Waals surface area contributed by atoms with E-state index in [0.29, 0.717) is 0 Å². The average molecular weight is 308 g/mol. The van der Waals surface area contributed by atoms with Crippen LogP contribution in [0.4, 0.5) is 17.3 Å². The van der Waals surface area contributed by atoms with Gasteiger partial charge in [0.2, 0.25) is 11.6 Å². The summed E-state index contributed by atoms with van der Waals surface area (Å²) in [6.07, 6.45) is 1.23. The van der Waals surface area contributed by atoms with Gasteiger partial charge in [-0.15, -0.1) is 11.3 Å². The van der Waals surface area contributed by atoms with Gasteiger partial charge in [0.1, 0.15) is 6.33 Å². The molecule has 21 heavy (non-hydrogen) atoms. The zero-order valence-electron chi connectivity index (χ0n) is 11.9. The number of anilines is 2. The van der Waals surface area contributed by atoms with Gasteiger partial charge in [-0.1, -0.05) is 0 Å². The molecule has 2 rings (SSSR count). The Labute approximate surface area is 125 Å². The number of aromatic nitrogens is 2. The first-order chi connectivity index (χ1) is 9.93. The molecular weight excluding hydrogens is 292 g/mol. The van der Waals surface area contributed by atoms with Crippen molar-refractivity contribution in [3.63, 3.8) is 0 Å². The lowest BCUT2D eigenvalue weighted by molar-refractivity contribution is -0.383. The van der Waals surface area contributed by atoms with Crippen LogP contribution in [0.25, 0.3) is 0 Å². The Balaban J connectivity index is 2.35. The van der Waals surface area contributed by atoms with E-state index in [9.17, 15) is 10.1 Å². The second-order valence-electron chi connectivity index (χ2n) is 4.56. The summed E-state index contributed by atoms with van der Waals surface area (Å²) >= 11 is 1.69. The topological polar surface area (TPSA) is 119 Å². The molecule has 112 valence electrons. The fraction of sp³-hybridized carbons (Fsp3) is 0.333. The van der Waals surface area contributed by atoms with E-state index in [0.717, 1.165) is 5.56 Å². The highest BCUT2D eigenvalue weighted by atomic mass is 32.1. The van der Waals surface area contributed by atoms with Crippen molar-refractivity contribution in [2.24, 2.45) is 5.84 Å². The van der Waals surface area contributed by atoms with E-state index in [1.54, 1.807) is 11.3 Å². The van der Waals surface area contributed by atoms with Gasteiger partial charge in [-0.05, 0) is 32.4 Å². The number of hydrogen-bond donors (Lipinski definition) is 3. The number of nitrogen functional groups attached to an aromatic ring is 1. The fourth-order valence-corrected chi connectivity index (χ4v) is 3.15.